The molecule has 3 rings (SSSR count). The number of benzene rings is 2. The van der Waals surface area contributed by atoms with Crippen molar-refractivity contribution >= 4 is 17.1 Å². The van der Waals surface area contributed by atoms with Gasteiger partial charge in [-0.25, -0.2) is 4.79 Å². The molecule has 7 nitrogen and oxygen atoms in total. The summed E-state index contributed by atoms with van der Waals surface area (Å²) in [6.07, 6.45) is 0.345. The van der Waals surface area contributed by atoms with Crippen molar-refractivity contribution in [3.8, 4) is 23.0 Å². The lowest BCUT2D eigenvalue weighted by Gasteiger charge is -2.07. The van der Waals surface area contributed by atoms with Crippen LogP contribution in [-0.2, 0) is 4.74 Å². The fourth-order valence-electron chi connectivity index (χ4n) is 2.13. The monoisotopic (exact) mass is 342 g/mol. The molecule has 0 aliphatic rings. The van der Waals surface area contributed by atoms with Gasteiger partial charge in [0, 0.05) is 6.07 Å². The normalized spacial score (nSPS) is 10.3. The molecule has 0 aliphatic heterocycles. The molecule has 0 saturated heterocycles. The summed E-state index contributed by atoms with van der Waals surface area (Å²) < 4.78 is 25.3. The minimum atomic E-state index is -0.860. The van der Waals surface area contributed by atoms with Crippen LogP contribution in [0.5, 0.6) is 23.0 Å². The second-order valence-corrected chi connectivity index (χ2v) is 4.92. The number of hydrogen-bond acceptors (Lipinski definition) is 7. The third-order valence-electron chi connectivity index (χ3n) is 3.37. The lowest BCUT2D eigenvalue weighted by atomic mass is 10.2. The fraction of sp³-hybridized carbons (Fsp3) is 0.111. The molecule has 0 amide bonds. The Bertz CT molecular complexity index is 957. The topological polar surface area (TPSA) is 84.2 Å². The number of ether oxygens (including phenoxy) is 4. The van der Waals surface area contributed by atoms with Crippen molar-refractivity contribution in [3.63, 3.8) is 0 Å². The highest BCUT2D eigenvalue weighted by molar-refractivity contribution is 5.80. The van der Waals surface area contributed by atoms with E-state index in [4.69, 9.17) is 18.6 Å². The van der Waals surface area contributed by atoms with Crippen molar-refractivity contribution in [2.75, 3.05) is 14.2 Å². The first-order valence-electron chi connectivity index (χ1n) is 7.24. The van der Waals surface area contributed by atoms with Crippen molar-refractivity contribution in [3.05, 3.63) is 59.0 Å². The summed E-state index contributed by atoms with van der Waals surface area (Å²) in [7, 11) is 2.76. The van der Waals surface area contributed by atoms with Crippen LogP contribution < -0.4 is 19.6 Å². The van der Waals surface area contributed by atoms with Gasteiger partial charge in [-0.2, -0.15) is 0 Å². The molecule has 1 aromatic heterocycles. The minimum Gasteiger partial charge on any atom is -0.497 e. The largest absolute Gasteiger partial charge is 0.513 e. The van der Waals surface area contributed by atoms with Gasteiger partial charge in [0.15, 0.2) is 0 Å². The summed E-state index contributed by atoms with van der Waals surface area (Å²) in [6, 6.07) is 11.2. The van der Waals surface area contributed by atoms with E-state index in [2.05, 4.69) is 4.74 Å². The van der Waals surface area contributed by atoms with Gasteiger partial charge in [0.05, 0.1) is 19.6 Å². The molecule has 7 heteroatoms. The van der Waals surface area contributed by atoms with E-state index in [9.17, 15) is 9.59 Å². The van der Waals surface area contributed by atoms with E-state index < -0.39 is 6.16 Å². The first-order valence-corrected chi connectivity index (χ1v) is 7.24. The number of hydrogen-bond donors (Lipinski definition) is 0. The van der Waals surface area contributed by atoms with Crippen LogP contribution in [0.25, 0.3) is 11.0 Å². The molecule has 25 heavy (non-hydrogen) atoms. The zero-order chi connectivity index (χ0) is 17.8. The van der Waals surface area contributed by atoms with Gasteiger partial charge in [0.2, 0.25) is 11.2 Å². The lowest BCUT2D eigenvalue weighted by Crippen LogP contribution is -2.08. The van der Waals surface area contributed by atoms with E-state index in [-0.39, 0.29) is 22.5 Å². The van der Waals surface area contributed by atoms with E-state index in [1.54, 1.807) is 31.4 Å². The average Bonchev–Trinajstić information content (AvgIpc) is 2.64. The Labute approximate surface area is 142 Å². The van der Waals surface area contributed by atoms with Crippen molar-refractivity contribution in [1.82, 2.24) is 0 Å². The standard InChI is InChI=1S/C18H14O7/c1-21-11-3-5-12(6-4-11)24-16-10-23-15-9-13(25-18(20)22-2)7-8-14(15)17(16)19/h3-10H,1-2H3. The van der Waals surface area contributed by atoms with E-state index in [0.717, 1.165) is 0 Å². The second-order valence-electron chi connectivity index (χ2n) is 4.92. The third-order valence-corrected chi connectivity index (χ3v) is 3.37. The highest BCUT2D eigenvalue weighted by atomic mass is 16.7. The van der Waals surface area contributed by atoms with Gasteiger partial charge < -0.3 is 23.4 Å². The van der Waals surface area contributed by atoms with Crippen LogP contribution in [0.3, 0.4) is 0 Å². The maximum Gasteiger partial charge on any atom is 0.513 e. The van der Waals surface area contributed by atoms with Gasteiger partial charge in [-0.1, -0.05) is 0 Å². The predicted molar refractivity (Wildman–Crippen MR) is 88.6 cm³/mol. The zero-order valence-corrected chi connectivity index (χ0v) is 13.5. The molecule has 0 N–H and O–H groups in total. The smallest absolute Gasteiger partial charge is 0.497 e. The van der Waals surface area contributed by atoms with Gasteiger partial charge in [-0.05, 0) is 36.4 Å². The highest BCUT2D eigenvalue weighted by Gasteiger charge is 2.12. The van der Waals surface area contributed by atoms with Crippen LogP contribution in [0.15, 0.2) is 57.9 Å². The Balaban J connectivity index is 1.90. The van der Waals surface area contributed by atoms with Gasteiger partial charge in [-0.3, -0.25) is 4.79 Å². The predicted octanol–water partition coefficient (Wildman–Crippen LogP) is 3.74. The summed E-state index contributed by atoms with van der Waals surface area (Å²) in [6.45, 7) is 0. The SMILES string of the molecule is COC(=O)Oc1ccc2c(=O)c(Oc3ccc(OC)cc3)coc2c1. The molecular weight excluding hydrogens is 328 g/mol. The van der Waals surface area contributed by atoms with Crippen LogP contribution in [0.4, 0.5) is 4.79 Å². The van der Waals surface area contributed by atoms with Crippen LogP contribution in [0.1, 0.15) is 0 Å². The molecule has 128 valence electrons. The molecule has 0 fully saturated rings. The molecule has 0 atom stereocenters. The van der Waals surface area contributed by atoms with Crippen molar-refractivity contribution in [2.24, 2.45) is 0 Å². The van der Waals surface area contributed by atoms with E-state index >= 15 is 0 Å². The van der Waals surface area contributed by atoms with Crippen molar-refractivity contribution in [1.29, 1.82) is 0 Å². The summed E-state index contributed by atoms with van der Waals surface area (Å²) in [5.74, 6) is 1.39. The first kappa shape index (κ1) is 16.4. The Morgan fingerprint density at radius 3 is 2.32 bits per heavy atom. The number of methoxy groups -OCH3 is 2. The minimum absolute atomic E-state index is 0.0410. The maximum atomic E-state index is 12.5. The summed E-state index contributed by atoms with van der Waals surface area (Å²) in [5, 5.41) is 0.295. The second kappa shape index (κ2) is 6.96. The van der Waals surface area contributed by atoms with Crippen LogP contribution in [0, 0.1) is 0 Å². The lowest BCUT2D eigenvalue weighted by molar-refractivity contribution is 0.121. The van der Waals surface area contributed by atoms with Crippen LogP contribution in [0.2, 0.25) is 0 Å². The molecule has 2 aromatic carbocycles. The maximum absolute atomic E-state index is 12.5. The molecule has 3 aromatic rings. The number of carbonyl (C=O) groups excluding carboxylic acids is 1. The molecule has 0 aliphatic carbocycles. The number of rotatable bonds is 4. The molecule has 0 spiro atoms. The molecule has 0 saturated carbocycles. The fourth-order valence-corrected chi connectivity index (χ4v) is 2.13. The number of fused-ring (bicyclic) bond motifs is 1. The third kappa shape index (κ3) is 3.55. The number of carbonyl (C=O) groups is 1. The van der Waals surface area contributed by atoms with Crippen molar-refractivity contribution < 1.29 is 28.2 Å². The van der Waals surface area contributed by atoms with Gasteiger partial charge >= 0.3 is 6.16 Å². The van der Waals surface area contributed by atoms with E-state index in [0.29, 0.717) is 16.9 Å². The summed E-state index contributed by atoms with van der Waals surface area (Å²) in [4.78, 5) is 23.6. The highest BCUT2D eigenvalue weighted by Crippen LogP contribution is 2.25. The quantitative estimate of drug-likeness (QED) is 0.527. The Hall–Kier alpha value is -3.48. The van der Waals surface area contributed by atoms with E-state index in [1.165, 1.54) is 31.6 Å². The van der Waals surface area contributed by atoms with Crippen LogP contribution in [-0.4, -0.2) is 20.4 Å². The van der Waals surface area contributed by atoms with Gasteiger partial charge in [0.1, 0.15) is 29.1 Å². The molecular formula is C18H14O7. The summed E-state index contributed by atoms with van der Waals surface area (Å²) >= 11 is 0. The van der Waals surface area contributed by atoms with Gasteiger partial charge in [0.25, 0.3) is 0 Å². The van der Waals surface area contributed by atoms with E-state index in [1.807, 2.05) is 0 Å². The Kier molecular flexibility index (Phi) is 4.56. The zero-order valence-electron chi connectivity index (χ0n) is 13.5. The first-order chi connectivity index (χ1) is 12.1. The average molecular weight is 342 g/mol. The molecule has 0 bridgehead atoms. The molecule has 1 heterocycles. The van der Waals surface area contributed by atoms with Crippen molar-refractivity contribution in [2.45, 2.75) is 0 Å². The molecule has 0 unspecified atom stereocenters. The van der Waals surface area contributed by atoms with Crippen LogP contribution >= 0.6 is 0 Å². The Morgan fingerprint density at radius 2 is 1.64 bits per heavy atom. The van der Waals surface area contributed by atoms with Gasteiger partial charge in [-0.15, -0.1) is 0 Å². The summed E-state index contributed by atoms with van der Waals surface area (Å²) in [5.41, 5.74) is -0.0878. The molecule has 0 radical (unpaired) electrons. The Morgan fingerprint density at radius 1 is 0.960 bits per heavy atom.